The Morgan fingerprint density at radius 1 is 1.40 bits per heavy atom. The quantitative estimate of drug-likeness (QED) is 0.762. The number of carbonyl (C=O) groups is 1. The van der Waals surface area contributed by atoms with E-state index in [0.29, 0.717) is 24.0 Å². The average Bonchev–Trinajstić information content (AvgIpc) is 3.36. The second-order valence-electron chi connectivity index (χ2n) is 6.39. The minimum atomic E-state index is 0.0443. The van der Waals surface area contributed by atoms with Gasteiger partial charge in [-0.2, -0.15) is 5.10 Å². The lowest BCUT2D eigenvalue weighted by Gasteiger charge is -2.15. The molecule has 1 heterocycles. The molecular weight excluding hydrogens is 338 g/mol. The summed E-state index contributed by atoms with van der Waals surface area (Å²) in [6.45, 7) is 0.785. The number of nitrogens with one attached hydrogen (secondary N) is 1. The largest absolute Gasteiger partial charge is 0.497 e. The lowest BCUT2D eigenvalue weighted by molar-refractivity contribution is -0.122. The summed E-state index contributed by atoms with van der Waals surface area (Å²) in [6, 6.07) is 8.07. The van der Waals surface area contributed by atoms with Crippen molar-refractivity contribution in [3.05, 3.63) is 29.0 Å². The fourth-order valence-corrected chi connectivity index (χ4v) is 2.78. The van der Waals surface area contributed by atoms with Crippen molar-refractivity contribution in [1.29, 1.82) is 0 Å². The molecule has 25 heavy (non-hydrogen) atoms. The lowest BCUT2D eigenvalue weighted by Crippen LogP contribution is -2.37. The number of carbonyl (C=O) groups excluding carboxylic acids is 1. The van der Waals surface area contributed by atoms with Gasteiger partial charge in [-0.05, 0) is 56.4 Å². The lowest BCUT2D eigenvalue weighted by atomic mass is 10.2. The molecule has 1 aliphatic rings. The van der Waals surface area contributed by atoms with Crippen molar-refractivity contribution in [2.24, 2.45) is 7.05 Å². The van der Waals surface area contributed by atoms with Gasteiger partial charge in [0.1, 0.15) is 5.75 Å². The number of amides is 1. The summed E-state index contributed by atoms with van der Waals surface area (Å²) < 4.78 is 9.41. The first-order chi connectivity index (χ1) is 12.0. The van der Waals surface area contributed by atoms with Crippen LogP contribution in [-0.4, -0.2) is 51.9 Å². The van der Waals surface area contributed by atoms with Gasteiger partial charge in [0.2, 0.25) is 5.91 Å². The summed E-state index contributed by atoms with van der Waals surface area (Å²) >= 11 is 5.49. The van der Waals surface area contributed by atoms with Gasteiger partial charge in [-0.15, -0.1) is 0 Å². The van der Waals surface area contributed by atoms with Crippen LogP contribution in [0.4, 0.5) is 0 Å². The molecule has 0 atom stereocenters. The highest BCUT2D eigenvalue weighted by Gasteiger charge is 2.23. The molecule has 7 nitrogen and oxygen atoms in total. The minimum absolute atomic E-state index is 0.0443. The van der Waals surface area contributed by atoms with Crippen LogP contribution < -0.4 is 10.1 Å². The van der Waals surface area contributed by atoms with E-state index < -0.39 is 0 Å². The third-order valence-corrected chi connectivity index (χ3v) is 4.61. The van der Waals surface area contributed by atoms with E-state index in [1.165, 1.54) is 0 Å². The van der Waals surface area contributed by atoms with Gasteiger partial charge in [0.15, 0.2) is 10.6 Å². The number of hydrogen-bond acceptors (Lipinski definition) is 5. The molecule has 1 aliphatic carbocycles. The second-order valence-corrected chi connectivity index (χ2v) is 6.76. The summed E-state index contributed by atoms with van der Waals surface area (Å²) in [4.78, 5) is 13.8. The van der Waals surface area contributed by atoms with E-state index in [-0.39, 0.29) is 5.91 Å². The summed E-state index contributed by atoms with van der Waals surface area (Å²) in [7, 11) is 5.42. The van der Waals surface area contributed by atoms with Crippen molar-refractivity contribution in [3.63, 3.8) is 0 Å². The topological polar surface area (TPSA) is 64.3 Å². The first kappa shape index (κ1) is 17.6. The molecule has 3 rings (SSSR count). The Balaban J connectivity index is 1.71. The van der Waals surface area contributed by atoms with Gasteiger partial charge in [-0.3, -0.25) is 9.69 Å². The standard InChI is InChI=1S/C17H23N5O2S/c1-20(10-15(23)18-13-6-7-13)11-22-17(25)21(2)16(19-22)12-4-8-14(24-3)9-5-12/h4-5,8-9,13H,6-7,10-11H2,1-3H3,(H,18,23). The predicted octanol–water partition coefficient (Wildman–Crippen LogP) is 1.79. The van der Waals surface area contributed by atoms with Crippen LogP contribution in [0.3, 0.4) is 0 Å². The Morgan fingerprint density at radius 2 is 2.08 bits per heavy atom. The van der Waals surface area contributed by atoms with Crippen LogP contribution >= 0.6 is 12.2 Å². The number of ether oxygens (including phenoxy) is 1. The average molecular weight is 361 g/mol. The molecule has 134 valence electrons. The van der Waals surface area contributed by atoms with Gasteiger partial charge in [-0.25, -0.2) is 4.68 Å². The Morgan fingerprint density at radius 3 is 2.68 bits per heavy atom. The highest BCUT2D eigenvalue weighted by atomic mass is 32.1. The van der Waals surface area contributed by atoms with Crippen LogP contribution in [0.15, 0.2) is 24.3 Å². The zero-order chi connectivity index (χ0) is 18.0. The second kappa shape index (κ2) is 7.37. The smallest absolute Gasteiger partial charge is 0.234 e. The Labute approximate surface area is 152 Å². The number of nitrogens with zero attached hydrogens (tertiary/aromatic N) is 4. The van der Waals surface area contributed by atoms with Crippen molar-refractivity contribution < 1.29 is 9.53 Å². The van der Waals surface area contributed by atoms with Crippen LogP contribution in [0.1, 0.15) is 12.8 Å². The molecule has 1 aromatic carbocycles. The maximum absolute atomic E-state index is 11.9. The van der Waals surface area contributed by atoms with Crippen molar-refractivity contribution in [1.82, 2.24) is 24.6 Å². The summed E-state index contributed by atoms with van der Waals surface area (Å²) in [5.41, 5.74) is 0.960. The van der Waals surface area contributed by atoms with Gasteiger partial charge in [0.25, 0.3) is 0 Å². The number of rotatable bonds is 7. The third kappa shape index (κ3) is 4.26. The Kier molecular flexibility index (Phi) is 5.19. The van der Waals surface area contributed by atoms with E-state index >= 15 is 0 Å². The maximum atomic E-state index is 11.9. The number of aromatic nitrogens is 3. The van der Waals surface area contributed by atoms with Crippen LogP contribution in [0.5, 0.6) is 5.75 Å². The zero-order valence-electron chi connectivity index (χ0n) is 14.7. The van der Waals surface area contributed by atoms with E-state index in [1.54, 1.807) is 11.8 Å². The van der Waals surface area contributed by atoms with Crippen molar-refractivity contribution in [2.75, 3.05) is 20.7 Å². The number of benzene rings is 1. The van der Waals surface area contributed by atoms with Crippen LogP contribution in [0, 0.1) is 4.77 Å². The first-order valence-electron chi connectivity index (χ1n) is 8.24. The van der Waals surface area contributed by atoms with Crippen molar-refractivity contribution in [3.8, 4) is 17.1 Å². The van der Waals surface area contributed by atoms with E-state index in [1.807, 2.05) is 47.8 Å². The molecule has 0 aliphatic heterocycles. The fraction of sp³-hybridized carbons (Fsp3) is 0.471. The van der Waals surface area contributed by atoms with Crippen LogP contribution in [0.25, 0.3) is 11.4 Å². The van der Waals surface area contributed by atoms with Gasteiger partial charge >= 0.3 is 0 Å². The van der Waals surface area contributed by atoms with Crippen molar-refractivity contribution in [2.45, 2.75) is 25.6 Å². The molecule has 2 aromatic rings. The highest BCUT2D eigenvalue weighted by molar-refractivity contribution is 7.71. The number of likely N-dealkylation sites (N-methyl/N-ethyl adjacent to an activating group) is 1. The number of methoxy groups -OCH3 is 1. The molecule has 0 bridgehead atoms. The predicted molar refractivity (Wildman–Crippen MR) is 97.8 cm³/mol. The monoisotopic (exact) mass is 361 g/mol. The molecule has 1 saturated carbocycles. The normalized spacial score (nSPS) is 13.9. The molecule has 8 heteroatoms. The van der Waals surface area contributed by atoms with Gasteiger partial charge in [0, 0.05) is 18.7 Å². The van der Waals surface area contributed by atoms with Gasteiger partial charge < -0.3 is 14.6 Å². The van der Waals surface area contributed by atoms with E-state index in [0.717, 1.165) is 30.0 Å². The van der Waals surface area contributed by atoms with Crippen LogP contribution in [-0.2, 0) is 18.5 Å². The number of hydrogen-bond donors (Lipinski definition) is 1. The molecular formula is C17H23N5O2S. The minimum Gasteiger partial charge on any atom is -0.497 e. The molecule has 0 radical (unpaired) electrons. The summed E-state index contributed by atoms with van der Waals surface area (Å²) in [6.07, 6.45) is 2.18. The highest BCUT2D eigenvalue weighted by Crippen LogP contribution is 2.21. The van der Waals surface area contributed by atoms with Crippen molar-refractivity contribution >= 4 is 18.1 Å². The molecule has 0 saturated heterocycles. The van der Waals surface area contributed by atoms with Gasteiger partial charge in [0.05, 0.1) is 20.3 Å². The Hall–Kier alpha value is -2.19. The molecule has 0 spiro atoms. The van der Waals surface area contributed by atoms with Gasteiger partial charge in [-0.1, -0.05) is 0 Å². The fourth-order valence-electron chi connectivity index (χ4n) is 2.60. The SMILES string of the molecule is COc1ccc(-c2nn(CN(C)CC(=O)NC3CC3)c(=S)n2C)cc1. The first-order valence-corrected chi connectivity index (χ1v) is 8.65. The summed E-state index contributed by atoms with van der Waals surface area (Å²) in [5, 5.41) is 7.60. The molecule has 1 N–H and O–H groups in total. The maximum Gasteiger partial charge on any atom is 0.234 e. The third-order valence-electron chi connectivity index (χ3n) is 4.12. The zero-order valence-corrected chi connectivity index (χ0v) is 15.5. The molecule has 0 unspecified atom stereocenters. The molecule has 1 amide bonds. The molecule has 1 aromatic heterocycles. The van der Waals surface area contributed by atoms with E-state index in [9.17, 15) is 4.79 Å². The summed E-state index contributed by atoms with van der Waals surface area (Å²) in [5.74, 6) is 1.62. The molecule has 1 fully saturated rings. The Bertz CT molecular complexity index is 807. The van der Waals surface area contributed by atoms with Crippen LogP contribution in [0.2, 0.25) is 0 Å². The van der Waals surface area contributed by atoms with E-state index in [2.05, 4.69) is 10.4 Å². The van der Waals surface area contributed by atoms with E-state index in [4.69, 9.17) is 17.0 Å².